The Bertz CT molecular complexity index is 1260. The van der Waals surface area contributed by atoms with Crippen LogP contribution in [0.2, 0.25) is 0 Å². The van der Waals surface area contributed by atoms with E-state index < -0.39 is 33.5 Å². The van der Waals surface area contributed by atoms with E-state index >= 15 is 0 Å². The zero-order chi connectivity index (χ0) is 27.4. The lowest BCUT2D eigenvalue weighted by Gasteiger charge is -2.31. The van der Waals surface area contributed by atoms with Crippen LogP contribution >= 0.6 is 0 Å². The van der Waals surface area contributed by atoms with E-state index in [0.717, 1.165) is 18.4 Å². The monoisotopic (exact) mass is 534 g/mol. The highest BCUT2D eigenvalue weighted by Gasteiger charge is 2.27. The average Bonchev–Trinajstić information content (AvgIpc) is 2.79. The summed E-state index contributed by atoms with van der Waals surface area (Å²) in [7, 11) is -3.46. The van der Waals surface area contributed by atoms with Crippen molar-refractivity contribution in [2.24, 2.45) is 0 Å². The number of halogens is 1. The molecule has 0 saturated heterocycles. The van der Waals surface area contributed by atoms with Gasteiger partial charge in [-0.25, -0.2) is 17.6 Å². The topological polar surface area (TPSA) is 93.2 Å². The van der Waals surface area contributed by atoms with Crippen molar-refractivity contribution in [1.82, 2.24) is 0 Å². The second kappa shape index (κ2) is 11.5. The van der Waals surface area contributed by atoms with Crippen LogP contribution in [-0.2, 0) is 43.7 Å². The Morgan fingerprint density at radius 1 is 1.14 bits per heavy atom. The predicted molar refractivity (Wildman–Crippen MR) is 141 cm³/mol. The van der Waals surface area contributed by atoms with Crippen LogP contribution in [0, 0.1) is 5.82 Å². The molecule has 0 saturated carbocycles. The smallest absolute Gasteiger partial charge is 0.415 e. The van der Waals surface area contributed by atoms with Gasteiger partial charge in [-0.3, -0.25) is 14.0 Å². The van der Waals surface area contributed by atoms with Crippen molar-refractivity contribution >= 4 is 33.5 Å². The summed E-state index contributed by atoms with van der Waals surface area (Å²) < 4.78 is 51.5. The first-order valence-corrected chi connectivity index (χ1v) is 14.2. The van der Waals surface area contributed by atoms with E-state index in [1.165, 1.54) is 21.5 Å². The lowest BCUT2D eigenvalue weighted by molar-refractivity contribution is -0.143. The van der Waals surface area contributed by atoms with E-state index in [9.17, 15) is 22.4 Å². The van der Waals surface area contributed by atoms with Crippen LogP contribution in [0.3, 0.4) is 0 Å². The maximum absolute atomic E-state index is 15.0. The highest BCUT2D eigenvalue weighted by atomic mass is 32.2. The van der Waals surface area contributed by atoms with Crippen LogP contribution in [0.25, 0.3) is 0 Å². The van der Waals surface area contributed by atoms with Gasteiger partial charge in [0, 0.05) is 13.0 Å². The van der Waals surface area contributed by atoms with Crippen molar-refractivity contribution in [2.75, 3.05) is 28.6 Å². The van der Waals surface area contributed by atoms with Gasteiger partial charge in [0.2, 0.25) is 10.0 Å². The molecule has 1 aliphatic heterocycles. The molecule has 2 aromatic rings. The molecule has 0 bridgehead atoms. The maximum atomic E-state index is 15.0. The third kappa shape index (κ3) is 7.67. The summed E-state index contributed by atoms with van der Waals surface area (Å²) in [5.74, 6) is -0.957. The SMILES string of the molecule is CCOC(=O)CCc1ccc(N(Cc2ccc3c(c2)N(S(C)(=O)=O)CCC3)C(=O)OC(C)(C)C)cc1F. The second-order valence-corrected chi connectivity index (χ2v) is 12.0. The number of nitrogens with zero attached hydrogens (tertiary/aromatic N) is 2. The van der Waals surface area contributed by atoms with E-state index in [0.29, 0.717) is 23.4 Å². The van der Waals surface area contributed by atoms with E-state index in [1.807, 2.05) is 12.1 Å². The molecule has 202 valence electrons. The van der Waals surface area contributed by atoms with Gasteiger partial charge in [0.1, 0.15) is 11.4 Å². The van der Waals surface area contributed by atoms with E-state index in [2.05, 4.69) is 0 Å². The van der Waals surface area contributed by atoms with Gasteiger partial charge in [-0.2, -0.15) is 0 Å². The Hall–Kier alpha value is -3.14. The lowest BCUT2D eigenvalue weighted by atomic mass is 10.0. The number of hydrogen-bond donors (Lipinski definition) is 0. The number of esters is 1. The number of fused-ring (bicyclic) bond motifs is 1. The molecule has 0 N–H and O–H groups in total. The number of carbonyl (C=O) groups excluding carboxylic acids is 2. The fourth-order valence-corrected chi connectivity index (χ4v) is 5.15. The van der Waals surface area contributed by atoms with Gasteiger partial charge in [-0.05, 0) is 81.8 Å². The summed E-state index contributed by atoms with van der Waals surface area (Å²) in [6.07, 6.45) is 2.22. The average molecular weight is 535 g/mol. The van der Waals surface area contributed by atoms with Crippen LogP contribution in [0.4, 0.5) is 20.6 Å². The molecule has 2 aromatic carbocycles. The molecule has 0 unspecified atom stereocenters. The third-order valence-corrected chi connectivity index (χ3v) is 7.01. The van der Waals surface area contributed by atoms with Crippen LogP contribution in [0.1, 0.15) is 57.2 Å². The first-order chi connectivity index (χ1) is 17.3. The molecule has 0 fully saturated rings. The summed E-state index contributed by atoms with van der Waals surface area (Å²) in [5, 5.41) is 0. The molecule has 1 aliphatic rings. The lowest BCUT2D eigenvalue weighted by Crippen LogP contribution is -2.37. The Labute approximate surface area is 218 Å². The Kier molecular flexibility index (Phi) is 8.84. The van der Waals surface area contributed by atoms with Crippen molar-refractivity contribution in [3.8, 4) is 0 Å². The summed E-state index contributed by atoms with van der Waals surface area (Å²) in [5.41, 5.74) is 2.02. The first kappa shape index (κ1) is 28.4. The van der Waals surface area contributed by atoms with Gasteiger partial charge in [-0.1, -0.05) is 18.2 Å². The van der Waals surface area contributed by atoms with Crippen LogP contribution in [0.15, 0.2) is 36.4 Å². The molecule has 8 nitrogen and oxygen atoms in total. The van der Waals surface area contributed by atoms with Gasteiger partial charge in [0.15, 0.2) is 0 Å². The van der Waals surface area contributed by atoms with Crippen molar-refractivity contribution < 1.29 is 31.9 Å². The van der Waals surface area contributed by atoms with Gasteiger partial charge in [0.05, 0.1) is 30.8 Å². The molecule has 0 atom stereocenters. The standard InChI is InChI=1S/C27H35FN2O6S/c1-6-35-25(31)14-12-20-11-13-22(17-23(20)28)29(26(32)36-27(2,3)4)18-19-9-10-21-8-7-15-30(24(21)16-19)37(5,33)34/h9-11,13,16-17H,6-8,12,14-15,18H2,1-5H3. The van der Waals surface area contributed by atoms with Crippen molar-refractivity contribution in [3.05, 3.63) is 58.9 Å². The van der Waals surface area contributed by atoms with E-state index in [-0.39, 0.29) is 31.7 Å². The molecule has 0 aromatic heterocycles. The number of benzene rings is 2. The molecule has 0 spiro atoms. The number of hydrogen-bond acceptors (Lipinski definition) is 6. The minimum atomic E-state index is -3.46. The molecule has 3 rings (SSSR count). The zero-order valence-corrected chi connectivity index (χ0v) is 22.9. The predicted octanol–water partition coefficient (Wildman–Crippen LogP) is 4.98. The molecular weight excluding hydrogens is 499 g/mol. The Morgan fingerprint density at radius 2 is 1.86 bits per heavy atom. The summed E-state index contributed by atoms with van der Waals surface area (Å²) >= 11 is 0. The van der Waals surface area contributed by atoms with Gasteiger partial charge in [0.25, 0.3) is 0 Å². The summed E-state index contributed by atoms with van der Waals surface area (Å²) in [6, 6.07) is 9.86. The number of rotatable bonds is 8. The Morgan fingerprint density at radius 3 is 2.49 bits per heavy atom. The summed E-state index contributed by atoms with van der Waals surface area (Å²) in [4.78, 5) is 26.2. The van der Waals surface area contributed by atoms with Gasteiger partial charge >= 0.3 is 12.1 Å². The van der Waals surface area contributed by atoms with E-state index in [1.54, 1.807) is 45.9 Å². The quantitative estimate of drug-likeness (QED) is 0.444. The molecule has 37 heavy (non-hydrogen) atoms. The van der Waals surface area contributed by atoms with Gasteiger partial charge in [-0.15, -0.1) is 0 Å². The van der Waals surface area contributed by atoms with E-state index in [4.69, 9.17) is 9.47 Å². The number of amides is 1. The van der Waals surface area contributed by atoms with Crippen LogP contribution in [0.5, 0.6) is 0 Å². The minimum Gasteiger partial charge on any atom is -0.466 e. The molecular formula is C27H35FN2O6S. The highest BCUT2D eigenvalue weighted by molar-refractivity contribution is 7.92. The van der Waals surface area contributed by atoms with Gasteiger partial charge < -0.3 is 9.47 Å². The normalized spacial score (nSPS) is 13.6. The maximum Gasteiger partial charge on any atom is 0.415 e. The zero-order valence-electron chi connectivity index (χ0n) is 22.0. The van der Waals surface area contributed by atoms with Crippen LogP contribution in [-0.4, -0.2) is 45.5 Å². The fraction of sp³-hybridized carbons (Fsp3) is 0.481. The number of carbonyl (C=O) groups is 2. The van der Waals surface area contributed by atoms with Crippen molar-refractivity contribution in [1.29, 1.82) is 0 Å². The number of aryl methyl sites for hydroxylation is 2. The molecule has 1 amide bonds. The number of anilines is 2. The molecule has 10 heteroatoms. The van der Waals surface area contributed by atoms with Crippen LogP contribution < -0.4 is 9.21 Å². The van der Waals surface area contributed by atoms with Crippen molar-refractivity contribution in [2.45, 2.75) is 65.5 Å². The Balaban J connectivity index is 1.92. The minimum absolute atomic E-state index is 0.0431. The largest absolute Gasteiger partial charge is 0.466 e. The fourth-order valence-electron chi connectivity index (χ4n) is 4.17. The molecule has 0 aliphatic carbocycles. The molecule has 0 radical (unpaired) electrons. The highest BCUT2D eigenvalue weighted by Crippen LogP contribution is 2.32. The number of ether oxygens (including phenoxy) is 2. The molecule has 1 heterocycles. The first-order valence-electron chi connectivity index (χ1n) is 12.3. The summed E-state index contributed by atoms with van der Waals surface area (Å²) in [6.45, 7) is 7.63. The van der Waals surface area contributed by atoms with Crippen molar-refractivity contribution in [3.63, 3.8) is 0 Å². The third-order valence-electron chi connectivity index (χ3n) is 5.83. The second-order valence-electron chi connectivity index (χ2n) is 10.0. The number of sulfonamides is 1.